The van der Waals surface area contributed by atoms with Gasteiger partial charge in [0.25, 0.3) is 5.69 Å². The van der Waals surface area contributed by atoms with Crippen LogP contribution in [-0.4, -0.2) is 64.5 Å². The van der Waals surface area contributed by atoms with Gasteiger partial charge in [0, 0.05) is 32.2 Å². The summed E-state index contributed by atoms with van der Waals surface area (Å²) in [6, 6.07) is 8.69. The summed E-state index contributed by atoms with van der Waals surface area (Å²) >= 11 is 0. The van der Waals surface area contributed by atoms with Crippen molar-refractivity contribution in [3.05, 3.63) is 45.1 Å². The topological polar surface area (TPSA) is 161 Å². The number of rotatable bonds is 6. The zero-order valence-corrected chi connectivity index (χ0v) is 17.0. The maximum absolute atomic E-state index is 11.7. The van der Waals surface area contributed by atoms with Gasteiger partial charge in [-0.25, -0.2) is 4.68 Å². The van der Waals surface area contributed by atoms with E-state index in [1.807, 2.05) is 24.1 Å². The van der Waals surface area contributed by atoms with Gasteiger partial charge in [-0.2, -0.15) is 15.6 Å². The fraction of sp³-hybridized carbons (Fsp3) is 0.350. The van der Waals surface area contributed by atoms with Crippen molar-refractivity contribution >= 4 is 28.8 Å². The van der Waals surface area contributed by atoms with Crippen molar-refractivity contribution in [2.45, 2.75) is 6.54 Å². The lowest BCUT2D eigenvalue weighted by Gasteiger charge is -2.33. The number of benzene rings is 1. The number of nitriles is 2. The summed E-state index contributed by atoms with van der Waals surface area (Å²) in [4.78, 5) is 15.4. The minimum Gasteiger partial charge on any atom is -0.394 e. The lowest BCUT2D eigenvalue weighted by molar-refractivity contribution is -0.384. The van der Waals surface area contributed by atoms with Crippen LogP contribution in [0.4, 0.5) is 17.2 Å². The highest BCUT2D eigenvalue weighted by Gasteiger charge is 2.24. The van der Waals surface area contributed by atoms with Crippen molar-refractivity contribution in [1.82, 2.24) is 14.7 Å². The second-order valence-corrected chi connectivity index (χ2v) is 7.13. The standard InChI is InChI=1S/C20H22N8O3/c1-25-4-6-26(7-5-25)17-3-2-14(11-18(17)28(30)31)10-15(12-21)19-16(13-22)20(23)27(24-19)8-9-29/h2-3,10-11,29H,4-9,23H2,1H3/b15-10+. The minimum absolute atomic E-state index is 0.0183. The number of nitrogens with zero attached hydrogens (tertiary/aromatic N) is 7. The predicted molar refractivity (Wildman–Crippen MR) is 115 cm³/mol. The fourth-order valence-corrected chi connectivity index (χ4v) is 3.45. The van der Waals surface area contributed by atoms with Crippen LogP contribution in [0.5, 0.6) is 0 Å². The van der Waals surface area contributed by atoms with Crippen LogP contribution in [0, 0.1) is 32.8 Å². The molecule has 11 nitrogen and oxygen atoms in total. The molecule has 1 aliphatic heterocycles. The van der Waals surface area contributed by atoms with Gasteiger partial charge in [0.15, 0.2) is 0 Å². The molecule has 160 valence electrons. The molecule has 0 bridgehead atoms. The normalized spacial score (nSPS) is 14.8. The molecule has 0 aliphatic carbocycles. The predicted octanol–water partition coefficient (Wildman–Crippen LogP) is 1.05. The number of hydrogen-bond donors (Lipinski definition) is 2. The Morgan fingerprint density at radius 2 is 2.06 bits per heavy atom. The van der Waals surface area contributed by atoms with E-state index in [1.54, 1.807) is 12.1 Å². The summed E-state index contributed by atoms with van der Waals surface area (Å²) in [5, 5.41) is 44.1. The van der Waals surface area contributed by atoms with Crippen LogP contribution in [0.25, 0.3) is 11.6 Å². The molecule has 1 saturated heterocycles. The van der Waals surface area contributed by atoms with Crippen LogP contribution < -0.4 is 10.6 Å². The number of anilines is 2. The monoisotopic (exact) mass is 422 g/mol. The zero-order valence-electron chi connectivity index (χ0n) is 17.0. The smallest absolute Gasteiger partial charge is 0.293 e. The Kier molecular flexibility index (Phi) is 6.50. The fourth-order valence-electron chi connectivity index (χ4n) is 3.45. The van der Waals surface area contributed by atoms with Gasteiger partial charge < -0.3 is 20.6 Å². The first-order valence-electron chi connectivity index (χ1n) is 9.61. The van der Waals surface area contributed by atoms with E-state index in [0.29, 0.717) is 24.3 Å². The number of likely N-dealkylation sites (N-methyl/N-ethyl adjacent to an activating group) is 1. The molecular weight excluding hydrogens is 400 g/mol. The first-order valence-corrected chi connectivity index (χ1v) is 9.61. The molecule has 1 aliphatic rings. The van der Waals surface area contributed by atoms with Crippen molar-refractivity contribution in [3.8, 4) is 12.1 Å². The zero-order chi connectivity index (χ0) is 22.5. The maximum atomic E-state index is 11.7. The molecule has 2 aromatic rings. The first kappa shape index (κ1) is 21.8. The lowest BCUT2D eigenvalue weighted by Crippen LogP contribution is -2.44. The Hall–Kier alpha value is -3.93. The Bertz CT molecular complexity index is 1100. The van der Waals surface area contributed by atoms with Gasteiger partial charge in [-0.05, 0) is 24.8 Å². The van der Waals surface area contributed by atoms with Crippen LogP contribution in [-0.2, 0) is 6.54 Å². The number of nitro groups is 1. The second-order valence-electron chi connectivity index (χ2n) is 7.13. The van der Waals surface area contributed by atoms with Gasteiger partial charge >= 0.3 is 0 Å². The summed E-state index contributed by atoms with van der Waals surface area (Å²) < 4.78 is 1.25. The summed E-state index contributed by atoms with van der Waals surface area (Å²) in [5.74, 6) is 0.0455. The Morgan fingerprint density at radius 3 is 2.65 bits per heavy atom. The molecule has 11 heteroatoms. The van der Waals surface area contributed by atoms with Gasteiger partial charge in [0.05, 0.1) is 23.6 Å². The van der Waals surface area contributed by atoms with Gasteiger partial charge in [-0.1, -0.05) is 6.07 Å². The molecule has 0 saturated carbocycles. The number of aliphatic hydroxyl groups is 1. The molecule has 1 aromatic heterocycles. The number of hydrogen-bond acceptors (Lipinski definition) is 9. The van der Waals surface area contributed by atoms with Crippen LogP contribution in [0.1, 0.15) is 16.8 Å². The van der Waals surface area contributed by atoms with E-state index in [-0.39, 0.29) is 41.5 Å². The molecule has 0 unspecified atom stereocenters. The maximum Gasteiger partial charge on any atom is 0.293 e. The molecular formula is C20H22N8O3. The van der Waals surface area contributed by atoms with E-state index >= 15 is 0 Å². The van der Waals surface area contributed by atoms with Crippen molar-refractivity contribution < 1.29 is 10.0 Å². The van der Waals surface area contributed by atoms with E-state index < -0.39 is 4.92 Å². The van der Waals surface area contributed by atoms with Gasteiger partial charge in [-0.3, -0.25) is 10.1 Å². The largest absolute Gasteiger partial charge is 0.394 e. The van der Waals surface area contributed by atoms with E-state index in [2.05, 4.69) is 10.00 Å². The summed E-state index contributed by atoms with van der Waals surface area (Å²) in [7, 11) is 2.01. The highest BCUT2D eigenvalue weighted by molar-refractivity contribution is 5.92. The molecule has 0 spiro atoms. The van der Waals surface area contributed by atoms with Gasteiger partial charge in [0.2, 0.25) is 0 Å². The third-order valence-corrected chi connectivity index (χ3v) is 5.14. The van der Waals surface area contributed by atoms with Crippen LogP contribution in [0.2, 0.25) is 0 Å². The third kappa shape index (κ3) is 4.48. The van der Waals surface area contributed by atoms with Crippen molar-refractivity contribution in [1.29, 1.82) is 10.5 Å². The van der Waals surface area contributed by atoms with E-state index in [9.17, 15) is 20.6 Å². The van der Waals surface area contributed by atoms with Crippen molar-refractivity contribution in [3.63, 3.8) is 0 Å². The summed E-state index contributed by atoms with van der Waals surface area (Å²) in [5.41, 5.74) is 6.93. The van der Waals surface area contributed by atoms with Crippen LogP contribution in [0.3, 0.4) is 0 Å². The third-order valence-electron chi connectivity index (χ3n) is 5.14. The van der Waals surface area contributed by atoms with E-state index in [1.165, 1.54) is 16.8 Å². The number of aromatic nitrogens is 2. The Morgan fingerprint density at radius 1 is 1.35 bits per heavy atom. The van der Waals surface area contributed by atoms with Crippen molar-refractivity contribution in [2.75, 3.05) is 50.5 Å². The molecule has 31 heavy (non-hydrogen) atoms. The minimum atomic E-state index is -0.439. The number of nitrogen functional groups attached to an aromatic ring is 1. The van der Waals surface area contributed by atoms with E-state index in [4.69, 9.17) is 10.8 Å². The number of nitrogens with two attached hydrogens (primary N) is 1. The second kappa shape index (κ2) is 9.26. The quantitative estimate of drug-likeness (QED) is 0.394. The Balaban J connectivity index is 2.02. The van der Waals surface area contributed by atoms with Crippen molar-refractivity contribution in [2.24, 2.45) is 0 Å². The summed E-state index contributed by atoms with van der Waals surface area (Å²) in [6.07, 6.45) is 1.44. The molecule has 1 aromatic carbocycles. The number of nitro benzene ring substituents is 1. The average Bonchev–Trinajstić information content (AvgIpc) is 3.08. The van der Waals surface area contributed by atoms with Crippen LogP contribution >= 0.6 is 0 Å². The molecule has 3 N–H and O–H groups in total. The molecule has 0 amide bonds. The first-order chi connectivity index (χ1) is 14.9. The molecule has 1 fully saturated rings. The van der Waals surface area contributed by atoms with Gasteiger partial charge in [0.1, 0.15) is 34.9 Å². The SMILES string of the molecule is CN1CCN(c2ccc(/C=C(\C#N)c3nn(CCO)c(N)c3C#N)cc2[N+](=O)[O-])CC1. The molecule has 0 radical (unpaired) electrons. The highest BCUT2D eigenvalue weighted by atomic mass is 16.6. The van der Waals surface area contributed by atoms with E-state index in [0.717, 1.165) is 13.1 Å². The molecule has 0 atom stereocenters. The molecule has 3 rings (SSSR count). The highest BCUT2D eigenvalue weighted by Crippen LogP contribution is 2.32. The number of aliphatic hydroxyl groups excluding tert-OH is 1. The number of piperazine rings is 1. The van der Waals surface area contributed by atoms with Crippen LogP contribution in [0.15, 0.2) is 18.2 Å². The summed E-state index contributed by atoms with van der Waals surface area (Å²) in [6.45, 7) is 2.83. The number of allylic oxidation sites excluding steroid dienone is 1. The lowest BCUT2D eigenvalue weighted by atomic mass is 10.0. The molecule has 2 heterocycles. The van der Waals surface area contributed by atoms with Gasteiger partial charge in [-0.15, -0.1) is 0 Å². The Labute approximate surface area is 179 Å². The average molecular weight is 422 g/mol.